The Hall–Kier alpha value is -1.84. The summed E-state index contributed by atoms with van der Waals surface area (Å²) in [5.41, 5.74) is 1.52. The van der Waals surface area contributed by atoms with Crippen molar-refractivity contribution in [1.82, 2.24) is 0 Å². The molecule has 0 spiro atoms. The average Bonchev–Trinajstić information content (AvgIpc) is 2.55. The predicted octanol–water partition coefficient (Wildman–Crippen LogP) is 6.13. The van der Waals surface area contributed by atoms with Crippen LogP contribution in [0.15, 0.2) is 30.3 Å². The van der Waals surface area contributed by atoms with E-state index in [-0.39, 0.29) is 12.3 Å². The molecule has 0 radical (unpaired) electrons. The fourth-order valence-corrected chi connectivity index (χ4v) is 3.52. The molecule has 2 aromatic carbocycles. The molecule has 0 atom stereocenters. The lowest BCUT2D eigenvalue weighted by Gasteiger charge is -2.27. The highest BCUT2D eigenvalue weighted by Gasteiger charge is 2.24. The lowest BCUT2D eigenvalue weighted by atomic mass is 9.79. The maximum atomic E-state index is 14.2. The first kappa shape index (κ1) is 17.0. The highest BCUT2D eigenvalue weighted by Crippen LogP contribution is 2.37. The van der Waals surface area contributed by atoms with Crippen LogP contribution in [0.25, 0.3) is 0 Å². The quantitative estimate of drug-likeness (QED) is 0.592. The van der Waals surface area contributed by atoms with Gasteiger partial charge in [0.15, 0.2) is 23.3 Å². The van der Waals surface area contributed by atoms with Gasteiger partial charge < -0.3 is 0 Å². The Morgan fingerprint density at radius 3 is 2.12 bits per heavy atom. The van der Waals surface area contributed by atoms with E-state index in [4.69, 9.17) is 0 Å². The van der Waals surface area contributed by atoms with E-state index in [0.29, 0.717) is 22.6 Å². The van der Waals surface area contributed by atoms with Crippen molar-refractivity contribution in [1.29, 1.82) is 0 Å². The molecule has 1 saturated carbocycles. The van der Waals surface area contributed by atoms with Crippen LogP contribution in [0.2, 0.25) is 0 Å². The molecule has 1 aliphatic rings. The third-order valence-corrected chi connectivity index (χ3v) is 4.96. The third kappa shape index (κ3) is 3.63. The van der Waals surface area contributed by atoms with Crippen molar-refractivity contribution in [3.05, 3.63) is 70.3 Å². The number of benzene rings is 2. The molecule has 0 aromatic heterocycles. The summed E-state index contributed by atoms with van der Waals surface area (Å²) in [5.74, 6) is -2.84. The molecule has 0 N–H and O–H groups in total. The number of hydrogen-bond acceptors (Lipinski definition) is 0. The summed E-state index contributed by atoms with van der Waals surface area (Å²) in [4.78, 5) is 0. The van der Waals surface area contributed by atoms with Crippen LogP contribution in [0.1, 0.15) is 55.2 Å². The molecular formula is C20H20F4. The lowest BCUT2D eigenvalue weighted by molar-refractivity contribution is 0.339. The van der Waals surface area contributed by atoms with Crippen molar-refractivity contribution in [3.63, 3.8) is 0 Å². The fraction of sp³-hybridized carbons (Fsp3) is 0.400. The Kier molecular flexibility index (Phi) is 4.93. The van der Waals surface area contributed by atoms with E-state index < -0.39 is 23.3 Å². The molecular weight excluding hydrogens is 316 g/mol. The van der Waals surface area contributed by atoms with Crippen LogP contribution in [0.4, 0.5) is 17.6 Å². The third-order valence-electron chi connectivity index (χ3n) is 4.96. The Morgan fingerprint density at radius 2 is 1.46 bits per heavy atom. The second-order valence-electron chi connectivity index (χ2n) is 6.86. The predicted molar refractivity (Wildman–Crippen MR) is 85.9 cm³/mol. The van der Waals surface area contributed by atoms with Crippen molar-refractivity contribution >= 4 is 0 Å². The van der Waals surface area contributed by atoms with E-state index >= 15 is 0 Å². The normalized spacial score (nSPS) is 21.0. The number of halogens is 4. The van der Waals surface area contributed by atoms with Gasteiger partial charge in [-0.05, 0) is 66.0 Å². The standard InChI is InChI=1S/C20H20F4/c1-12-2-5-15(6-3-12)16-9-14(11-19(23)20(16)24)8-13-4-7-17(21)18(22)10-13/h4,7,9-12,15H,2-3,5-6,8H2,1H3. The highest BCUT2D eigenvalue weighted by atomic mass is 19.2. The van der Waals surface area contributed by atoms with Crippen LogP contribution in [-0.2, 0) is 6.42 Å². The maximum Gasteiger partial charge on any atom is 0.162 e. The van der Waals surface area contributed by atoms with Crippen LogP contribution >= 0.6 is 0 Å². The van der Waals surface area contributed by atoms with Crippen molar-refractivity contribution in [2.24, 2.45) is 5.92 Å². The zero-order valence-electron chi connectivity index (χ0n) is 13.6. The molecule has 2 aromatic rings. The molecule has 3 rings (SSSR count). The summed E-state index contributed by atoms with van der Waals surface area (Å²) in [7, 11) is 0. The van der Waals surface area contributed by atoms with Gasteiger partial charge in [-0.15, -0.1) is 0 Å². The Balaban J connectivity index is 1.87. The first-order valence-electron chi connectivity index (χ1n) is 8.35. The summed E-state index contributed by atoms with van der Waals surface area (Å²) in [5, 5.41) is 0. The molecule has 0 heterocycles. The van der Waals surface area contributed by atoms with E-state index in [9.17, 15) is 17.6 Å². The molecule has 24 heavy (non-hydrogen) atoms. The monoisotopic (exact) mass is 336 g/mol. The van der Waals surface area contributed by atoms with Gasteiger partial charge in [0.25, 0.3) is 0 Å². The number of rotatable bonds is 3. The second kappa shape index (κ2) is 6.96. The maximum absolute atomic E-state index is 14.2. The summed E-state index contributed by atoms with van der Waals surface area (Å²) in [6.07, 6.45) is 3.97. The van der Waals surface area contributed by atoms with Gasteiger partial charge in [-0.25, -0.2) is 17.6 Å². The van der Waals surface area contributed by atoms with E-state index in [1.165, 1.54) is 6.07 Å². The molecule has 1 fully saturated rings. The van der Waals surface area contributed by atoms with E-state index in [1.807, 2.05) is 0 Å². The molecule has 0 bridgehead atoms. The summed E-state index contributed by atoms with van der Waals surface area (Å²) >= 11 is 0. The summed E-state index contributed by atoms with van der Waals surface area (Å²) in [6.45, 7) is 2.17. The van der Waals surface area contributed by atoms with Crippen molar-refractivity contribution in [2.45, 2.75) is 44.9 Å². The van der Waals surface area contributed by atoms with Gasteiger partial charge in [0, 0.05) is 0 Å². The topological polar surface area (TPSA) is 0 Å². The molecule has 0 amide bonds. The zero-order chi connectivity index (χ0) is 17.3. The first-order chi connectivity index (χ1) is 11.4. The molecule has 0 nitrogen and oxygen atoms in total. The minimum Gasteiger partial charge on any atom is -0.204 e. The smallest absolute Gasteiger partial charge is 0.162 e. The van der Waals surface area contributed by atoms with Gasteiger partial charge in [-0.2, -0.15) is 0 Å². The summed E-state index contributed by atoms with van der Waals surface area (Å²) < 4.78 is 54.6. The molecule has 0 saturated heterocycles. The summed E-state index contributed by atoms with van der Waals surface area (Å²) in [6, 6.07) is 6.43. The highest BCUT2D eigenvalue weighted by molar-refractivity contribution is 5.33. The van der Waals surface area contributed by atoms with Gasteiger partial charge in [-0.1, -0.05) is 31.9 Å². The van der Waals surface area contributed by atoms with Crippen LogP contribution in [0, 0.1) is 29.2 Å². The van der Waals surface area contributed by atoms with Gasteiger partial charge in [0.05, 0.1) is 0 Å². The largest absolute Gasteiger partial charge is 0.204 e. The van der Waals surface area contributed by atoms with Crippen molar-refractivity contribution in [3.8, 4) is 0 Å². The van der Waals surface area contributed by atoms with Gasteiger partial charge >= 0.3 is 0 Å². The Morgan fingerprint density at radius 1 is 0.792 bits per heavy atom. The van der Waals surface area contributed by atoms with Crippen molar-refractivity contribution < 1.29 is 17.6 Å². The Bertz CT molecular complexity index is 731. The minimum atomic E-state index is -0.934. The van der Waals surface area contributed by atoms with E-state index in [2.05, 4.69) is 6.92 Å². The zero-order valence-corrected chi connectivity index (χ0v) is 13.6. The molecule has 0 unspecified atom stereocenters. The lowest BCUT2D eigenvalue weighted by Crippen LogP contribution is -2.13. The molecule has 1 aliphatic carbocycles. The Labute approximate surface area is 139 Å². The van der Waals surface area contributed by atoms with Crippen LogP contribution in [-0.4, -0.2) is 0 Å². The fourth-order valence-electron chi connectivity index (χ4n) is 3.52. The molecule has 0 aliphatic heterocycles. The van der Waals surface area contributed by atoms with Gasteiger partial charge in [0.1, 0.15) is 0 Å². The van der Waals surface area contributed by atoms with Crippen LogP contribution in [0.3, 0.4) is 0 Å². The molecule has 128 valence electrons. The number of hydrogen-bond donors (Lipinski definition) is 0. The first-order valence-corrected chi connectivity index (χ1v) is 8.35. The van der Waals surface area contributed by atoms with Crippen LogP contribution in [0.5, 0.6) is 0 Å². The minimum absolute atomic E-state index is 0.0283. The van der Waals surface area contributed by atoms with Crippen LogP contribution < -0.4 is 0 Å². The van der Waals surface area contributed by atoms with Gasteiger partial charge in [0.2, 0.25) is 0 Å². The van der Waals surface area contributed by atoms with E-state index in [1.54, 1.807) is 6.07 Å². The van der Waals surface area contributed by atoms with E-state index in [0.717, 1.165) is 43.9 Å². The molecule has 4 heteroatoms. The SMILES string of the molecule is CC1CCC(c2cc(Cc3ccc(F)c(F)c3)cc(F)c2F)CC1. The average molecular weight is 336 g/mol. The second-order valence-corrected chi connectivity index (χ2v) is 6.86. The van der Waals surface area contributed by atoms with Crippen molar-refractivity contribution in [2.75, 3.05) is 0 Å². The van der Waals surface area contributed by atoms with Gasteiger partial charge in [-0.3, -0.25) is 0 Å².